The van der Waals surface area contributed by atoms with Gasteiger partial charge in [-0.1, -0.05) is 37.8 Å². The number of fused-ring (bicyclic) bond motifs is 3. The largest absolute Gasteiger partial charge is 0.371 e. The van der Waals surface area contributed by atoms with Gasteiger partial charge in [-0.15, -0.1) is 5.10 Å². The van der Waals surface area contributed by atoms with Crippen LogP contribution in [-0.4, -0.2) is 40.1 Å². The average molecular weight is 448 g/mol. The van der Waals surface area contributed by atoms with Crippen LogP contribution in [0.5, 0.6) is 0 Å². The number of nitrogens with zero attached hydrogens (tertiary/aromatic N) is 4. The number of likely N-dealkylation sites (N-methyl/N-ethyl adjacent to an activating group) is 1. The Labute approximate surface area is 187 Å². The second-order valence-corrected chi connectivity index (χ2v) is 7.90. The first-order valence-corrected chi connectivity index (χ1v) is 11.2. The smallest absolute Gasteiger partial charge is 0.171 e. The van der Waals surface area contributed by atoms with Gasteiger partial charge in [0.15, 0.2) is 11.5 Å². The van der Waals surface area contributed by atoms with E-state index in [4.69, 9.17) is 5.10 Å². The Kier molecular flexibility index (Phi) is 9.45. The summed E-state index contributed by atoms with van der Waals surface area (Å²) in [5, 5.41) is 7.84. The zero-order chi connectivity index (χ0) is 23.0. The second kappa shape index (κ2) is 11.8. The van der Waals surface area contributed by atoms with Crippen LogP contribution in [-0.2, 0) is 13.0 Å². The number of anilines is 1. The van der Waals surface area contributed by atoms with E-state index in [0.29, 0.717) is 0 Å². The summed E-state index contributed by atoms with van der Waals surface area (Å²) in [5.74, 6) is 0.407. The highest BCUT2D eigenvalue weighted by molar-refractivity contribution is 7.99. The lowest BCUT2D eigenvalue weighted by Gasteiger charge is -2.24. The zero-order valence-corrected chi connectivity index (χ0v) is 19.9. The van der Waals surface area contributed by atoms with Gasteiger partial charge in [-0.05, 0) is 39.1 Å². The van der Waals surface area contributed by atoms with E-state index in [0.717, 1.165) is 40.8 Å². The topological polar surface area (TPSA) is 45.5 Å². The molecule has 0 aliphatic carbocycles. The predicted octanol–water partition coefficient (Wildman–Crippen LogP) is 5.96. The van der Waals surface area contributed by atoms with E-state index in [1.54, 1.807) is 13.0 Å². The van der Waals surface area contributed by atoms with Gasteiger partial charge in [0, 0.05) is 43.2 Å². The molecule has 4 rings (SSSR count). The van der Waals surface area contributed by atoms with Gasteiger partial charge in [-0.2, -0.15) is 0 Å². The molecule has 5 nitrogen and oxygen atoms in total. The molecule has 31 heavy (non-hydrogen) atoms. The summed E-state index contributed by atoms with van der Waals surface area (Å²) < 4.78 is 26.7. The zero-order valence-electron chi connectivity index (χ0n) is 19.0. The summed E-state index contributed by atoms with van der Waals surface area (Å²) in [7, 11) is 3.96. The third-order valence-corrected chi connectivity index (χ3v) is 5.68. The maximum Gasteiger partial charge on any atom is 0.171 e. The molecule has 1 aromatic carbocycles. The summed E-state index contributed by atoms with van der Waals surface area (Å²) >= 11 is 1.48. The van der Waals surface area contributed by atoms with Crippen LogP contribution in [0.1, 0.15) is 39.0 Å². The highest BCUT2D eigenvalue weighted by Crippen LogP contribution is 2.37. The van der Waals surface area contributed by atoms with Crippen molar-refractivity contribution >= 4 is 23.2 Å². The van der Waals surface area contributed by atoms with E-state index in [9.17, 15) is 8.78 Å². The monoisotopic (exact) mass is 447 g/mol. The van der Waals surface area contributed by atoms with Gasteiger partial charge < -0.3 is 10.2 Å². The quantitative estimate of drug-likeness (QED) is 0.537. The summed E-state index contributed by atoms with van der Waals surface area (Å²) in [6.07, 6.45) is 4.30. The van der Waals surface area contributed by atoms with Crippen molar-refractivity contribution in [2.24, 2.45) is 0 Å². The molecule has 3 aromatic rings. The third kappa shape index (κ3) is 6.27. The molecule has 0 saturated heterocycles. The van der Waals surface area contributed by atoms with Crippen LogP contribution in [0.25, 0.3) is 5.65 Å². The van der Waals surface area contributed by atoms with Crippen LogP contribution in [0, 0.1) is 5.82 Å². The van der Waals surface area contributed by atoms with Crippen molar-refractivity contribution in [3.63, 3.8) is 0 Å². The number of halogens is 2. The molecular weight excluding hydrogens is 416 g/mol. The maximum absolute atomic E-state index is 13.5. The minimum Gasteiger partial charge on any atom is -0.371 e. The Morgan fingerprint density at radius 1 is 1.29 bits per heavy atom. The summed E-state index contributed by atoms with van der Waals surface area (Å²) in [5.41, 5.74) is 3.24. The molecule has 0 atom stereocenters. The first kappa shape index (κ1) is 24.8. The molecule has 3 heterocycles. The Morgan fingerprint density at radius 2 is 2.00 bits per heavy atom. The normalized spacial score (nSPS) is 13.6. The molecule has 0 radical (unpaired) electrons. The van der Waals surface area contributed by atoms with Crippen LogP contribution in [0.3, 0.4) is 0 Å². The molecule has 0 saturated carbocycles. The van der Waals surface area contributed by atoms with E-state index >= 15 is 0 Å². The number of rotatable bonds is 3. The van der Waals surface area contributed by atoms with Crippen LogP contribution < -0.4 is 5.32 Å². The van der Waals surface area contributed by atoms with Crippen LogP contribution in [0.2, 0.25) is 0 Å². The van der Waals surface area contributed by atoms with Gasteiger partial charge in [0.1, 0.15) is 10.7 Å². The number of hydrogen-bond acceptors (Lipinski definition) is 5. The molecule has 0 amide bonds. The lowest BCUT2D eigenvalue weighted by Crippen LogP contribution is -2.28. The van der Waals surface area contributed by atoms with E-state index in [2.05, 4.69) is 22.2 Å². The Balaban J connectivity index is 0.000000432. The Hall–Kier alpha value is -2.45. The molecule has 8 heteroatoms. The molecule has 0 spiro atoms. The lowest BCUT2D eigenvalue weighted by atomic mass is 10.1. The maximum atomic E-state index is 13.5. The fourth-order valence-corrected chi connectivity index (χ4v) is 4.04. The molecule has 0 bridgehead atoms. The molecule has 1 N–H and O–H groups in total. The van der Waals surface area contributed by atoms with E-state index in [1.165, 1.54) is 48.2 Å². The van der Waals surface area contributed by atoms with Crippen LogP contribution in [0.4, 0.5) is 14.6 Å². The summed E-state index contributed by atoms with van der Waals surface area (Å²) in [4.78, 5) is 8.67. The first-order valence-electron chi connectivity index (χ1n) is 10.4. The lowest BCUT2D eigenvalue weighted by molar-refractivity contribution is 0.307. The van der Waals surface area contributed by atoms with Crippen molar-refractivity contribution in [3.8, 4) is 0 Å². The van der Waals surface area contributed by atoms with Crippen molar-refractivity contribution in [1.82, 2.24) is 19.5 Å². The second-order valence-electron chi connectivity index (χ2n) is 6.82. The van der Waals surface area contributed by atoms with Crippen molar-refractivity contribution in [2.45, 2.75) is 50.5 Å². The van der Waals surface area contributed by atoms with Gasteiger partial charge in [-0.25, -0.2) is 18.3 Å². The van der Waals surface area contributed by atoms with E-state index in [1.807, 2.05) is 37.7 Å². The van der Waals surface area contributed by atoms with Crippen LogP contribution in [0.15, 0.2) is 52.2 Å². The highest BCUT2D eigenvalue weighted by Gasteiger charge is 2.22. The molecule has 0 fully saturated rings. The van der Waals surface area contributed by atoms with Gasteiger partial charge in [0.05, 0.1) is 11.5 Å². The molecule has 1 aliphatic heterocycles. The number of allylic oxidation sites excluding steroid dienone is 2. The minimum atomic E-state index is -0.240. The number of aromatic nitrogens is 3. The third-order valence-electron chi connectivity index (χ3n) is 4.61. The molecule has 2 aromatic heterocycles. The minimum absolute atomic E-state index is 0.120. The van der Waals surface area contributed by atoms with Crippen molar-refractivity contribution in [3.05, 3.63) is 59.4 Å². The molecule has 0 unspecified atom stereocenters. The fourth-order valence-electron chi connectivity index (χ4n) is 3.02. The van der Waals surface area contributed by atoms with Crippen molar-refractivity contribution < 1.29 is 8.78 Å². The highest BCUT2D eigenvalue weighted by atomic mass is 32.2. The summed E-state index contributed by atoms with van der Waals surface area (Å²) in [6.45, 7) is 8.97. The predicted molar refractivity (Wildman–Crippen MR) is 125 cm³/mol. The van der Waals surface area contributed by atoms with E-state index in [-0.39, 0.29) is 11.6 Å². The number of benzene rings is 1. The fraction of sp³-hybridized carbons (Fsp3) is 0.391. The van der Waals surface area contributed by atoms with Gasteiger partial charge >= 0.3 is 0 Å². The number of nitrogens with one attached hydrogen (secondary N) is 1. The number of hydrogen-bond donors (Lipinski definition) is 1. The van der Waals surface area contributed by atoms with Gasteiger partial charge in [0.25, 0.3) is 0 Å². The average Bonchev–Trinajstić information content (AvgIpc) is 3.13. The van der Waals surface area contributed by atoms with Gasteiger partial charge in [0.2, 0.25) is 0 Å². The van der Waals surface area contributed by atoms with Gasteiger partial charge in [-0.3, -0.25) is 0 Å². The SMILES string of the molecule is C/C=C(\C)F.CC.CNc1nn2c3c(cnc2c1Sc1cccc(F)c1)CN(C)CC3. The molecule has 168 valence electrons. The first-order chi connectivity index (χ1) is 14.9. The Morgan fingerprint density at radius 3 is 2.61 bits per heavy atom. The summed E-state index contributed by atoms with van der Waals surface area (Å²) in [6, 6.07) is 6.59. The molecular formula is C23H31F2N5S. The Bertz CT molecular complexity index is 1030. The van der Waals surface area contributed by atoms with E-state index < -0.39 is 0 Å². The molecule has 1 aliphatic rings. The van der Waals surface area contributed by atoms with Crippen molar-refractivity contribution in [1.29, 1.82) is 0 Å². The van der Waals surface area contributed by atoms with Crippen LogP contribution >= 0.6 is 11.8 Å². The standard InChI is InChI=1S/C17H18FN5S.C4H7F.C2H6/c1-19-16-15(24-13-5-3-4-12(18)8-13)17-20-9-11-10-22(2)7-6-14(11)23(17)21-16;1-3-4(2)5;1-2/h3-5,8-9H,6-7,10H2,1-2H3,(H,19,21);3H,1-2H3;1-2H3/b;4-3+;. The van der Waals surface area contributed by atoms with Crippen molar-refractivity contribution in [2.75, 3.05) is 26.0 Å².